The molecule has 5 heteroatoms. The van der Waals surface area contributed by atoms with Crippen molar-refractivity contribution < 1.29 is 8.23 Å². The summed E-state index contributed by atoms with van der Waals surface area (Å²) in [5.74, 6) is 0. The van der Waals surface area contributed by atoms with Crippen LogP contribution in [0.15, 0.2) is 0 Å². The van der Waals surface area contributed by atoms with E-state index < -0.39 is 16.9 Å². The van der Waals surface area contributed by atoms with Crippen molar-refractivity contribution >= 4 is 26.6 Å². The van der Waals surface area contributed by atoms with E-state index in [1.54, 1.807) is 0 Å². The van der Waals surface area contributed by atoms with Crippen LogP contribution in [0.1, 0.15) is 80.1 Å². The summed E-state index contributed by atoms with van der Waals surface area (Å²) in [4.78, 5) is 0. The minimum atomic E-state index is -1.96. The lowest BCUT2D eigenvalue weighted by molar-refractivity contribution is 0.370. The zero-order valence-corrected chi connectivity index (χ0v) is 20.4. The van der Waals surface area contributed by atoms with Crippen LogP contribution < -0.4 is 0 Å². The van der Waals surface area contributed by atoms with Crippen LogP contribution in [0.2, 0.25) is 36.3 Å². The van der Waals surface area contributed by atoms with Crippen molar-refractivity contribution in [2.75, 3.05) is 0 Å². The van der Waals surface area contributed by atoms with Gasteiger partial charge in [0.05, 0.1) is 0 Å². The molecule has 0 aromatic carbocycles. The molecular formula is C18H44O2Si3. The molecular weight excluding hydrogens is 332 g/mol. The fourth-order valence-electron chi connectivity index (χ4n) is 3.85. The maximum atomic E-state index is 7.26. The molecule has 0 atom stereocenters. The maximum absolute atomic E-state index is 7.26. The molecule has 0 saturated heterocycles. The molecule has 0 aliphatic carbocycles. The number of rotatable bonds is 16. The summed E-state index contributed by atoms with van der Waals surface area (Å²) in [6.45, 7) is 13.9. The molecule has 0 bridgehead atoms. The Morgan fingerprint density at radius 2 is 1.04 bits per heavy atom. The molecule has 0 aromatic rings. The van der Waals surface area contributed by atoms with Crippen LogP contribution in [-0.4, -0.2) is 26.6 Å². The van der Waals surface area contributed by atoms with E-state index in [9.17, 15) is 0 Å². The fourth-order valence-corrected chi connectivity index (χ4v) is 18.6. The topological polar surface area (TPSA) is 18.5 Å². The van der Waals surface area contributed by atoms with Crippen molar-refractivity contribution in [3.05, 3.63) is 0 Å². The molecule has 0 rings (SSSR count). The van der Waals surface area contributed by atoms with Gasteiger partial charge in [0.25, 0.3) is 0 Å². The predicted molar refractivity (Wildman–Crippen MR) is 113 cm³/mol. The highest BCUT2D eigenvalue weighted by molar-refractivity contribution is 6.86. The third-order valence-electron chi connectivity index (χ3n) is 4.64. The first kappa shape index (κ1) is 23.6. The van der Waals surface area contributed by atoms with E-state index in [4.69, 9.17) is 8.23 Å². The van der Waals surface area contributed by atoms with Crippen LogP contribution in [0.3, 0.4) is 0 Å². The van der Waals surface area contributed by atoms with Gasteiger partial charge in [0, 0.05) is 0 Å². The summed E-state index contributed by atoms with van der Waals surface area (Å²) in [5.41, 5.74) is 0. The predicted octanol–water partition coefficient (Wildman–Crippen LogP) is 6.37. The fraction of sp³-hybridized carbons (Fsp3) is 1.00. The van der Waals surface area contributed by atoms with Crippen LogP contribution in [-0.2, 0) is 8.23 Å². The Balaban J connectivity index is 5.33. The van der Waals surface area contributed by atoms with Crippen LogP contribution >= 0.6 is 0 Å². The van der Waals surface area contributed by atoms with E-state index >= 15 is 0 Å². The highest BCUT2D eigenvalue weighted by Crippen LogP contribution is 2.35. The average Bonchev–Trinajstić information content (AvgIpc) is 2.49. The molecule has 23 heavy (non-hydrogen) atoms. The van der Waals surface area contributed by atoms with Gasteiger partial charge in [-0.3, -0.25) is 0 Å². The first-order chi connectivity index (χ1) is 11.1. The SMILES string of the molecule is CCC[SiH2]O[Si](CCC)(CCC)O[Si](CCC)(CCC)CCC. The summed E-state index contributed by atoms with van der Waals surface area (Å²) in [6, 6.07) is 7.79. The van der Waals surface area contributed by atoms with E-state index in [1.807, 2.05) is 0 Å². The molecule has 0 fully saturated rings. The summed E-state index contributed by atoms with van der Waals surface area (Å²) < 4.78 is 14.0. The molecule has 0 aliphatic heterocycles. The third kappa shape index (κ3) is 9.00. The summed E-state index contributed by atoms with van der Waals surface area (Å²) in [5, 5.41) is 0. The minimum absolute atomic E-state index is 0.385. The van der Waals surface area contributed by atoms with Crippen molar-refractivity contribution in [1.29, 1.82) is 0 Å². The van der Waals surface area contributed by atoms with Gasteiger partial charge in [-0.15, -0.1) is 0 Å². The lowest BCUT2D eigenvalue weighted by Crippen LogP contribution is -2.54. The molecule has 0 aromatic heterocycles. The number of hydrogen-bond acceptors (Lipinski definition) is 2. The third-order valence-corrected chi connectivity index (χ3v) is 18.5. The molecule has 0 heterocycles. The Bertz CT molecular complexity index is 252. The zero-order chi connectivity index (χ0) is 17.6. The van der Waals surface area contributed by atoms with Crippen molar-refractivity contribution in [3.63, 3.8) is 0 Å². The van der Waals surface area contributed by atoms with Gasteiger partial charge in [0.2, 0.25) is 0 Å². The first-order valence-corrected chi connectivity index (χ1v) is 16.7. The highest BCUT2D eigenvalue weighted by atomic mass is 28.5. The van der Waals surface area contributed by atoms with Crippen LogP contribution in [0.4, 0.5) is 0 Å². The second-order valence-corrected chi connectivity index (χ2v) is 16.9. The maximum Gasteiger partial charge on any atom is 0.317 e. The molecule has 140 valence electrons. The molecule has 0 amide bonds. The normalized spacial score (nSPS) is 13.3. The molecule has 0 aliphatic rings. The quantitative estimate of drug-likeness (QED) is 0.230. The van der Waals surface area contributed by atoms with Crippen LogP contribution in [0.25, 0.3) is 0 Å². The van der Waals surface area contributed by atoms with E-state index in [0.717, 1.165) is 0 Å². The van der Waals surface area contributed by atoms with Gasteiger partial charge < -0.3 is 8.23 Å². The molecule has 0 N–H and O–H groups in total. The van der Waals surface area contributed by atoms with Gasteiger partial charge in [-0.05, 0) is 36.3 Å². The number of hydrogen-bond donors (Lipinski definition) is 0. The van der Waals surface area contributed by atoms with Gasteiger partial charge in [0.1, 0.15) is 9.76 Å². The molecule has 0 radical (unpaired) electrons. The largest absolute Gasteiger partial charge is 0.442 e. The van der Waals surface area contributed by atoms with Gasteiger partial charge in [-0.1, -0.05) is 80.1 Å². The van der Waals surface area contributed by atoms with Crippen molar-refractivity contribution in [2.45, 2.75) is 116 Å². The van der Waals surface area contributed by atoms with E-state index in [0.29, 0.717) is 0 Å². The zero-order valence-electron chi connectivity index (χ0n) is 17.0. The standard InChI is InChI=1S/C18H44O2Si3/c1-7-13-21-19-23(17-11-5,18-12-6)20-22(14-8-2,15-9-3)16-10-4/h7-18,21H2,1-6H3. The minimum Gasteiger partial charge on any atom is -0.442 e. The lowest BCUT2D eigenvalue weighted by atomic mass is 10.6. The van der Waals surface area contributed by atoms with E-state index in [-0.39, 0.29) is 9.76 Å². The average molecular weight is 377 g/mol. The Morgan fingerprint density at radius 1 is 0.609 bits per heavy atom. The Labute approximate surface area is 151 Å². The Morgan fingerprint density at radius 3 is 1.39 bits per heavy atom. The molecule has 0 unspecified atom stereocenters. The molecule has 0 saturated carbocycles. The Kier molecular flexibility index (Phi) is 14.2. The second-order valence-electron chi connectivity index (χ2n) is 7.15. The highest BCUT2D eigenvalue weighted by Gasteiger charge is 2.44. The second kappa shape index (κ2) is 13.8. The van der Waals surface area contributed by atoms with Crippen LogP contribution in [0, 0.1) is 0 Å². The van der Waals surface area contributed by atoms with Crippen molar-refractivity contribution in [2.24, 2.45) is 0 Å². The van der Waals surface area contributed by atoms with Gasteiger partial charge in [-0.25, -0.2) is 0 Å². The smallest absolute Gasteiger partial charge is 0.317 e. The summed E-state index contributed by atoms with van der Waals surface area (Å²) in [6.07, 6.45) is 7.56. The van der Waals surface area contributed by atoms with Gasteiger partial charge >= 0.3 is 8.56 Å². The monoisotopic (exact) mass is 376 g/mol. The van der Waals surface area contributed by atoms with E-state index in [2.05, 4.69) is 41.5 Å². The van der Waals surface area contributed by atoms with Crippen molar-refractivity contribution in [3.8, 4) is 0 Å². The molecule has 2 nitrogen and oxygen atoms in total. The first-order valence-electron chi connectivity index (χ1n) is 10.4. The molecule has 0 spiro atoms. The summed E-state index contributed by atoms with van der Waals surface area (Å²) in [7, 11) is -3.95. The van der Waals surface area contributed by atoms with Gasteiger partial charge in [-0.2, -0.15) is 0 Å². The van der Waals surface area contributed by atoms with Crippen molar-refractivity contribution in [1.82, 2.24) is 0 Å². The van der Waals surface area contributed by atoms with Gasteiger partial charge in [0.15, 0.2) is 8.32 Å². The van der Waals surface area contributed by atoms with E-state index in [1.165, 1.54) is 74.8 Å². The lowest BCUT2D eigenvalue weighted by Gasteiger charge is -2.42. The summed E-state index contributed by atoms with van der Waals surface area (Å²) >= 11 is 0. The van der Waals surface area contributed by atoms with Crippen LogP contribution in [0.5, 0.6) is 0 Å². The Hall–Kier alpha value is 0.571.